The predicted octanol–water partition coefficient (Wildman–Crippen LogP) is 5.60. The highest BCUT2D eigenvalue weighted by atomic mass is 31.1. The molecule has 0 aliphatic rings. The highest BCUT2D eigenvalue weighted by Crippen LogP contribution is 2.58. The molecule has 24 heavy (non-hydrogen) atoms. The van der Waals surface area contributed by atoms with Gasteiger partial charge in [0.05, 0.1) is 11.3 Å². The van der Waals surface area contributed by atoms with E-state index in [1.807, 2.05) is 0 Å². The van der Waals surface area contributed by atoms with Crippen molar-refractivity contribution in [1.82, 2.24) is 9.55 Å². The molecule has 2 aromatic rings. The molecule has 0 aliphatic carbocycles. The predicted molar refractivity (Wildman–Crippen MR) is 94.6 cm³/mol. The van der Waals surface area contributed by atoms with E-state index in [2.05, 4.69) is 46.5 Å². The van der Waals surface area contributed by atoms with Crippen molar-refractivity contribution >= 4 is 13.5 Å². The largest absolute Gasteiger partial charge is 0.418 e. The summed E-state index contributed by atoms with van der Waals surface area (Å²) in [5.41, 5.74) is 0.224. The maximum Gasteiger partial charge on any atom is 0.418 e. The number of halogens is 3. The molecule has 0 amide bonds. The lowest BCUT2D eigenvalue weighted by Gasteiger charge is -2.40. The second-order valence-corrected chi connectivity index (χ2v) is 11.5. The third-order valence-corrected chi connectivity index (χ3v) is 7.05. The van der Waals surface area contributed by atoms with Crippen LogP contribution in [0.3, 0.4) is 0 Å². The quantitative estimate of drug-likeness (QED) is 0.641. The van der Waals surface area contributed by atoms with Crippen LogP contribution in [-0.2, 0) is 6.18 Å². The summed E-state index contributed by atoms with van der Waals surface area (Å²) in [6.45, 7) is 12.7. The van der Waals surface area contributed by atoms with Crippen LogP contribution in [0.15, 0.2) is 36.7 Å². The monoisotopic (exact) mass is 356 g/mol. The van der Waals surface area contributed by atoms with Gasteiger partial charge >= 0.3 is 6.18 Å². The van der Waals surface area contributed by atoms with Crippen molar-refractivity contribution in [3.05, 3.63) is 42.2 Å². The Balaban J connectivity index is 2.69. The first kappa shape index (κ1) is 19.0. The molecule has 0 bridgehead atoms. The Morgan fingerprint density at radius 1 is 0.917 bits per heavy atom. The summed E-state index contributed by atoms with van der Waals surface area (Å²) in [5, 5.41) is -0.159. The van der Waals surface area contributed by atoms with E-state index in [4.69, 9.17) is 0 Å². The number of para-hydroxylation sites is 1. The van der Waals surface area contributed by atoms with Crippen LogP contribution in [-0.4, -0.2) is 19.9 Å². The molecule has 0 N–H and O–H groups in total. The van der Waals surface area contributed by atoms with E-state index >= 15 is 0 Å². The molecule has 0 spiro atoms. The van der Waals surface area contributed by atoms with Crippen LogP contribution >= 0.6 is 7.92 Å². The van der Waals surface area contributed by atoms with Gasteiger partial charge in [0.25, 0.3) is 0 Å². The van der Waals surface area contributed by atoms with Crippen LogP contribution in [0.25, 0.3) is 5.69 Å². The smallest absolute Gasteiger partial charge is 0.299 e. The summed E-state index contributed by atoms with van der Waals surface area (Å²) in [5.74, 6) is 0. The molecular formula is C18H24F3N2P. The fourth-order valence-electron chi connectivity index (χ4n) is 3.18. The zero-order valence-corrected chi connectivity index (χ0v) is 15.8. The zero-order valence-electron chi connectivity index (χ0n) is 14.9. The Morgan fingerprint density at radius 2 is 1.46 bits per heavy atom. The summed E-state index contributed by atoms with van der Waals surface area (Å²) in [7, 11) is -0.809. The van der Waals surface area contributed by atoms with E-state index in [1.165, 1.54) is 12.1 Å². The Hall–Kier alpha value is -1.35. The fourth-order valence-corrected chi connectivity index (χ4v) is 6.96. The third kappa shape index (κ3) is 3.83. The van der Waals surface area contributed by atoms with Crippen LogP contribution in [0.2, 0.25) is 0 Å². The molecule has 0 saturated heterocycles. The molecule has 0 atom stereocenters. The molecule has 0 unspecified atom stereocenters. The lowest BCUT2D eigenvalue weighted by molar-refractivity contribution is -0.137. The van der Waals surface area contributed by atoms with Crippen molar-refractivity contribution in [2.75, 3.05) is 0 Å². The lowest BCUT2D eigenvalue weighted by Crippen LogP contribution is -2.35. The van der Waals surface area contributed by atoms with Crippen LogP contribution in [0.4, 0.5) is 13.2 Å². The van der Waals surface area contributed by atoms with Crippen LogP contribution in [0.5, 0.6) is 0 Å². The van der Waals surface area contributed by atoms with E-state index in [0.29, 0.717) is 0 Å². The first-order valence-electron chi connectivity index (χ1n) is 7.84. The van der Waals surface area contributed by atoms with Crippen LogP contribution < -0.4 is 5.57 Å². The van der Waals surface area contributed by atoms with Gasteiger partial charge in [0, 0.05) is 12.4 Å². The molecule has 6 heteroatoms. The summed E-state index contributed by atoms with van der Waals surface area (Å²) >= 11 is 0. The maximum absolute atomic E-state index is 13.4. The van der Waals surface area contributed by atoms with Gasteiger partial charge in [0.2, 0.25) is 0 Å². The normalized spacial score (nSPS) is 13.6. The van der Waals surface area contributed by atoms with Crippen molar-refractivity contribution in [3.8, 4) is 5.69 Å². The molecule has 0 saturated carbocycles. The third-order valence-electron chi connectivity index (χ3n) is 3.63. The highest BCUT2D eigenvalue weighted by Gasteiger charge is 2.40. The Kier molecular flexibility index (Phi) is 4.89. The Bertz CT molecular complexity index is 692. The Labute approximate surface area is 142 Å². The van der Waals surface area contributed by atoms with Crippen molar-refractivity contribution in [3.63, 3.8) is 0 Å². The minimum absolute atomic E-state index is 0.0795. The maximum atomic E-state index is 13.4. The lowest BCUT2D eigenvalue weighted by atomic mass is 10.1. The second kappa shape index (κ2) is 6.18. The number of hydrogen-bond acceptors (Lipinski definition) is 1. The van der Waals surface area contributed by atoms with E-state index in [9.17, 15) is 13.2 Å². The van der Waals surface area contributed by atoms with Gasteiger partial charge in [0.15, 0.2) is 0 Å². The topological polar surface area (TPSA) is 17.8 Å². The summed E-state index contributed by atoms with van der Waals surface area (Å²) < 4.78 is 41.9. The molecular weight excluding hydrogens is 332 g/mol. The summed E-state index contributed by atoms with van der Waals surface area (Å²) in [6, 6.07) is 5.67. The molecule has 0 fully saturated rings. The molecule has 0 aliphatic heterocycles. The number of nitrogens with zero attached hydrogens (tertiary/aromatic N) is 2. The fraction of sp³-hybridized carbons (Fsp3) is 0.500. The van der Waals surface area contributed by atoms with Crippen LogP contribution in [0.1, 0.15) is 47.1 Å². The van der Waals surface area contributed by atoms with E-state index in [1.54, 1.807) is 23.0 Å². The first-order chi connectivity index (χ1) is 10.8. The molecule has 1 aromatic carbocycles. The number of benzene rings is 1. The van der Waals surface area contributed by atoms with Crippen molar-refractivity contribution < 1.29 is 13.2 Å². The van der Waals surface area contributed by atoms with Gasteiger partial charge in [-0.25, -0.2) is 4.98 Å². The first-order valence-corrected chi connectivity index (χ1v) is 9.18. The van der Waals surface area contributed by atoms with E-state index in [0.717, 1.165) is 11.6 Å². The minimum atomic E-state index is -4.40. The summed E-state index contributed by atoms with van der Waals surface area (Å²) in [6.07, 6.45) is -1.17. The number of rotatable bonds is 2. The molecule has 0 radical (unpaired) electrons. The second-order valence-electron chi connectivity index (χ2n) is 7.79. The minimum Gasteiger partial charge on any atom is -0.299 e. The van der Waals surface area contributed by atoms with Gasteiger partial charge in [-0.1, -0.05) is 53.7 Å². The molecule has 1 aromatic heterocycles. The van der Waals surface area contributed by atoms with Crippen LogP contribution in [0, 0.1) is 0 Å². The molecule has 2 nitrogen and oxygen atoms in total. The van der Waals surface area contributed by atoms with Gasteiger partial charge in [-0.15, -0.1) is 0 Å². The Morgan fingerprint density at radius 3 is 1.96 bits per heavy atom. The van der Waals surface area contributed by atoms with Gasteiger partial charge in [-0.05, 0) is 30.4 Å². The standard InChI is InChI=1S/C18H24F3N2P/c1-16(2,3)24(17(4,5)6)15-22-11-12-23(15)14-10-8-7-9-13(14)18(19,20)21/h7-12H,1-6H3. The molecule has 2 rings (SSSR count). The van der Waals surface area contributed by atoms with E-state index < -0.39 is 19.7 Å². The van der Waals surface area contributed by atoms with Gasteiger partial charge in [-0.2, -0.15) is 13.2 Å². The number of alkyl halides is 3. The van der Waals surface area contributed by atoms with E-state index in [-0.39, 0.29) is 16.0 Å². The number of hydrogen-bond donors (Lipinski definition) is 0. The zero-order chi connectivity index (χ0) is 18.3. The van der Waals surface area contributed by atoms with Crippen molar-refractivity contribution in [2.45, 2.75) is 58.0 Å². The van der Waals surface area contributed by atoms with Gasteiger partial charge in [-0.3, -0.25) is 4.57 Å². The average Bonchev–Trinajstić information content (AvgIpc) is 2.82. The van der Waals surface area contributed by atoms with Crippen molar-refractivity contribution in [1.29, 1.82) is 0 Å². The molecule has 132 valence electrons. The molecule has 1 heterocycles. The van der Waals surface area contributed by atoms with Gasteiger partial charge in [0.1, 0.15) is 5.57 Å². The van der Waals surface area contributed by atoms with Gasteiger partial charge < -0.3 is 0 Å². The SMILES string of the molecule is CC(C)(C)P(c1nccn1-c1ccccc1C(F)(F)F)C(C)(C)C. The number of imidazole rings is 1. The average molecular weight is 356 g/mol. The summed E-state index contributed by atoms with van der Waals surface area (Å²) in [4.78, 5) is 4.47. The number of aromatic nitrogens is 2. The highest BCUT2D eigenvalue weighted by molar-refractivity contribution is 7.68. The van der Waals surface area contributed by atoms with Crippen molar-refractivity contribution in [2.24, 2.45) is 0 Å².